The Hall–Kier alpha value is -1.35. The molecule has 0 radical (unpaired) electrons. The Morgan fingerprint density at radius 1 is 1.14 bits per heavy atom. The molecular formula is C18H26O3. The van der Waals surface area contributed by atoms with Crippen LogP contribution in [0.4, 0.5) is 0 Å². The molecule has 3 nitrogen and oxygen atoms in total. The van der Waals surface area contributed by atoms with Gasteiger partial charge in [-0.05, 0) is 49.3 Å². The Labute approximate surface area is 127 Å². The van der Waals surface area contributed by atoms with E-state index < -0.39 is 0 Å². The number of rotatable bonds is 6. The van der Waals surface area contributed by atoms with Crippen LogP contribution in [0.15, 0.2) is 24.3 Å². The molecule has 21 heavy (non-hydrogen) atoms. The second-order valence-corrected chi connectivity index (χ2v) is 6.00. The summed E-state index contributed by atoms with van der Waals surface area (Å²) in [5.41, 5.74) is 1.08. The van der Waals surface area contributed by atoms with Crippen molar-refractivity contribution in [3.8, 4) is 5.75 Å². The lowest BCUT2D eigenvalue weighted by Gasteiger charge is -2.26. The van der Waals surface area contributed by atoms with Crippen molar-refractivity contribution in [2.75, 3.05) is 7.11 Å². The van der Waals surface area contributed by atoms with Crippen LogP contribution in [0.2, 0.25) is 0 Å². The molecule has 0 heterocycles. The van der Waals surface area contributed by atoms with E-state index in [9.17, 15) is 4.79 Å². The highest BCUT2D eigenvalue weighted by atomic mass is 16.5. The Morgan fingerprint density at radius 2 is 1.81 bits per heavy atom. The Balaban J connectivity index is 1.81. The molecule has 0 aliphatic heterocycles. The standard InChI is InChI=1S/C18H26O3/c1-3-4-14-5-9-16(10-6-14)18(19)21-17-11-7-15(8-12-17)13-20-2/h7-8,11-12,14,16H,3-6,9-10,13H2,1-2H3. The number of ether oxygens (including phenoxy) is 2. The first-order valence-electron chi connectivity index (χ1n) is 8.02. The van der Waals surface area contributed by atoms with E-state index in [4.69, 9.17) is 9.47 Å². The molecule has 0 bridgehead atoms. The first-order chi connectivity index (χ1) is 10.2. The van der Waals surface area contributed by atoms with Crippen LogP contribution in [0.25, 0.3) is 0 Å². The summed E-state index contributed by atoms with van der Waals surface area (Å²) >= 11 is 0. The fourth-order valence-electron chi connectivity index (χ4n) is 3.11. The number of benzene rings is 1. The normalized spacial score (nSPS) is 22.0. The van der Waals surface area contributed by atoms with E-state index in [1.165, 1.54) is 25.7 Å². The van der Waals surface area contributed by atoms with Gasteiger partial charge in [-0.1, -0.05) is 31.9 Å². The summed E-state index contributed by atoms with van der Waals surface area (Å²) < 4.78 is 10.6. The van der Waals surface area contributed by atoms with Crippen LogP contribution in [0, 0.1) is 11.8 Å². The van der Waals surface area contributed by atoms with Gasteiger partial charge in [0.2, 0.25) is 0 Å². The van der Waals surface area contributed by atoms with Gasteiger partial charge in [0.05, 0.1) is 12.5 Å². The maximum Gasteiger partial charge on any atom is 0.314 e. The molecule has 0 amide bonds. The van der Waals surface area contributed by atoms with Crippen molar-refractivity contribution in [1.82, 2.24) is 0 Å². The van der Waals surface area contributed by atoms with Gasteiger partial charge in [0.15, 0.2) is 0 Å². The molecule has 1 aromatic carbocycles. The van der Waals surface area contributed by atoms with Gasteiger partial charge < -0.3 is 9.47 Å². The summed E-state index contributed by atoms with van der Waals surface area (Å²) in [6, 6.07) is 7.55. The summed E-state index contributed by atoms with van der Waals surface area (Å²) in [7, 11) is 1.67. The highest BCUT2D eigenvalue weighted by Gasteiger charge is 2.27. The van der Waals surface area contributed by atoms with Crippen LogP contribution in [-0.4, -0.2) is 13.1 Å². The Kier molecular flexibility index (Phi) is 6.24. The molecule has 1 aliphatic rings. The third-order valence-electron chi connectivity index (χ3n) is 4.33. The lowest BCUT2D eigenvalue weighted by Crippen LogP contribution is -2.25. The van der Waals surface area contributed by atoms with Gasteiger partial charge in [0.1, 0.15) is 5.75 Å². The quantitative estimate of drug-likeness (QED) is 0.577. The molecule has 0 spiro atoms. The summed E-state index contributed by atoms with van der Waals surface area (Å²) in [4.78, 5) is 12.2. The van der Waals surface area contributed by atoms with Crippen molar-refractivity contribution in [3.63, 3.8) is 0 Å². The molecule has 0 unspecified atom stereocenters. The van der Waals surface area contributed by atoms with Gasteiger partial charge in [0.25, 0.3) is 0 Å². The highest BCUT2D eigenvalue weighted by molar-refractivity contribution is 5.75. The molecule has 116 valence electrons. The molecule has 1 saturated carbocycles. The van der Waals surface area contributed by atoms with Gasteiger partial charge in [-0.25, -0.2) is 0 Å². The Bertz CT molecular complexity index is 430. The molecule has 3 heteroatoms. The molecule has 1 aromatic rings. The van der Waals surface area contributed by atoms with E-state index >= 15 is 0 Å². The van der Waals surface area contributed by atoms with Gasteiger partial charge in [0, 0.05) is 7.11 Å². The molecule has 0 saturated heterocycles. The topological polar surface area (TPSA) is 35.5 Å². The monoisotopic (exact) mass is 290 g/mol. The predicted molar refractivity (Wildman–Crippen MR) is 83.1 cm³/mol. The van der Waals surface area contributed by atoms with Crippen molar-refractivity contribution >= 4 is 5.97 Å². The first-order valence-corrected chi connectivity index (χ1v) is 8.02. The number of esters is 1. The third-order valence-corrected chi connectivity index (χ3v) is 4.33. The summed E-state index contributed by atoms with van der Waals surface area (Å²) in [6.07, 6.45) is 6.83. The van der Waals surface area contributed by atoms with Crippen molar-refractivity contribution in [3.05, 3.63) is 29.8 Å². The molecule has 1 aliphatic carbocycles. The maximum absolute atomic E-state index is 12.2. The highest BCUT2D eigenvalue weighted by Crippen LogP contribution is 2.32. The maximum atomic E-state index is 12.2. The fourth-order valence-corrected chi connectivity index (χ4v) is 3.11. The van der Waals surface area contributed by atoms with Crippen LogP contribution in [0.1, 0.15) is 51.0 Å². The lowest BCUT2D eigenvalue weighted by atomic mass is 9.80. The van der Waals surface area contributed by atoms with Gasteiger partial charge in [-0.15, -0.1) is 0 Å². The third kappa shape index (κ3) is 4.85. The fraction of sp³-hybridized carbons (Fsp3) is 0.611. The zero-order valence-electron chi connectivity index (χ0n) is 13.1. The minimum absolute atomic E-state index is 0.0653. The molecule has 0 aromatic heterocycles. The SMILES string of the molecule is CCCC1CCC(C(=O)Oc2ccc(COC)cc2)CC1. The van der Waals surface area contributed by atoms with Gasteiger partial charge in [-0.3, -0.25) is 4.79 Å². The predicted octanol–water partition coefficient (Wildman–Crippen LogP) is 4.34. The summed E-state index contributed by atoms with van der Waals surface area (Å²) in [6.45, 7) is 2.81. The van der Waals surface area contributed by atoms with E-state index in [2.05, 4.69) is 6.92 Å². The minimum atomic E-state index is -0.0653. The minimum Gasteiger partial charge on any atom is -0.426 e. The summed E-state index contributed by atoms with van der Waals surface area (Å²) in [5.74, 6) is 1.46. The zero-order chi connectivity index (χ0) is 15.1. The van der Waals surface area contributed by atoms with Crippen molar-refractivity contribution < 1.29 is 14.3 Å². The van der Waals surface area contributed by atoms with E-state index in [0.29, 0.717) is 12.4 Å². The number of carbonyl (C=O) groups is 1. The Morgan fingerprint density at radius 3 is 2.38 bits per heavy atom. The molecular weight excluding hydrogens is 264 g/mol. The van der Waals surface area contributed by atoms with Crippen molar-refractivity contribution in [2.24, 2.45) is 11.8 Å². The average molecular weight is 290 g/mol. The van der Waals surface area contributed by atoms with Crippen molar-refractivity contribution in [1.29, 1.82) is 0 Å². The largest absolute Gasteiger partial charge is 0.426 e. The van der Waals surface area contributed by atoms with Gasteiger partial charge >= 0.3 is 5.97 Å². The van der Waals surface area contributed by atoms with E-state index in [-0.39, 0.29) is 11.9 Å². The van der Waals surface area contributed by atoms with Crippen LogP contribution in [0.3, 0.4) is 0 Å². The van der Waals surface area contributed by atoms with Crippen molar-refractivity contribution in [2.45, 2.75) is 52.1 Å². The van der Waals surface area contributed by atoms with E-state index in [0.717, 1.165) is 24.3 Å². The molecule has 2 rings (SSSR count). The zero-order valence-corrected chi connectivity index (χ0v) is 13.1. The second kappa shape index (κ2) is 8.18. The van der Waals surface area contributed by atoms with E-state index in [1.807, 2.05) is 24.3 Å². The van der Waals surface area contributed by atoms with Crippen LogP contribution in [0.5, 0.6) is 5.75 Å². The smallest absolute Gasteiger partial charge is 0.314 e. The number of hydrogen-bond acceptors (Lipinski definition) is 3. The van der Waals surface area contributed by atoms with Crippen LogP contribution in [-0.2, 0) is 16.1 Å². The molecule has 0 N–H and O–H groups in total. The number of methoxy groups -OCH3 is 1. The number of hydrogen-bond donors (Lipinski definition) is 0. The van der Waals surface area contributed by atoms with E-state index in [1.54, 1.807) is 7.11 Å². The van der Waals surface area contributed by atoms with Crippen LogP contribution < -0.4 is 4.74 Å². The number of carbonyl (C=O) groups excluding carboxylic acids is 1. The second-order valence-electron chi connectivity index (χ2n) is 6.00. The first kappa shape index (κ1) is 16.0. The van der Waals surface area contributed by atoms with Gasteiger partial charge in [-0.2, -0.15) is 0 Å². The average Bonchev–Trinajstić information content (AvgIpc) is 2.50. The summed E-state index contributed by atoms with van der Waals surface area (Å²) in [5, 5.41) is 0. The lowest BCUT2D eigenvalue weighted by molar-refractivity contribution is -0.140. The molecule has 1 fully saturated rings. The van der Waals surface area contributed by atoms with Crippen LogP contribution >= 0.6 is 0 Å². The molecule has 0 atom stereocenters.